The minimum Gasteiger partial charge on any atom is -0.484 e. The number of anilines is 1. The van der Waals surface area contributed by atoms with Gasteiger partial charge in [0.2, 0.25) is 0 Å². The molecule has 1 heterocycles. The molecule has 0 unspecified atom stereocenters. The topological polar surface area (TPSA) is 79.9 Å². The van der Waals surface area contributed by atoms with Gasteiger partial charge in [0.25, 0.3) is 5.91 Å². The second-order valence-corrected chi connectivity index (χ2v) is 4.95. The summed E-state index contributed by atoms with van der Waals surface area (Å²) in [6, 6.07) is 19.9. The lowest BCUT2D eigenvalue weighted by atomic mass is 10.2. The van der Waals surface area contributed by atoms with Crippen LogP contribution in [0.3, 0.4) is 0 Å². The maximum Gasteiger partial charge on any atom is 0.263 e. The SMILES string of the molecule is N#Cc1ccc(-n2ccc(NC(=O)COc3ccccc3)n2)cc1. The summed E-state index contributed by atoms with van der Waals surface area (Å²) in [4.78, 5) is 11.9. The first-order valence-corrected chi connectivity index (χ1v) is 7.28. The lowest BCUT2D eigenvalue weighted by Gasteiger charge is -2.05. The number of carbonyl (C=O) groups excluding carboxylic acids is 1. The minimum atomic E-state index is -0.288. The van der Waals surface area contributed by atoms with Crippen LogP contribution in [0.5, 0.6) is 5.75 Å². The van der Waals surface area contributed by atoms with Gasteiger partial charge in [0.05, 0.1) is 17.3 Å². The number of ether oxygens (including phenoxy) is 1. The average Bonchev–Trinajstić information content (AvgIpc) is 3.09. The number of nitrogens with zero attached hydrogens (tertiary/aromatic N) is 3. The number of aromatic nitrogens is 2. The normalized spacial score (nSPS) is 9.96. The molecule has 1 amide bonds. The van der Waals surface area contributed by atoms with Gasteiger partial charge in [0.1, 0.15) is 5.75 Å². The summed E-state index contributed by atoms with van der Waals surface area (Å²) in [5, 5.41) is 15.8. The second-order valence-electron chi connectivity index (χ2n) is 4.95. The highest BCUT2D eigenvalue weighted by Gasteiger charge is 2.07. The molecule has 0 saturated carbocycles. The van der Waals surface area contributed by atoms with Crippen LogP contribution in [-0.2, 0) is 4.79 Å². The lowest BCUT2D eigenvalue weighted by Crippen LogP contribution is -2.20. The van der Waals surface area contributed by atoms with Crippen LogP contribution in [0.4, 0.5) is 5.82 Å². The molecule has 0 bridgehead atoms. The van der Waals surface area contributed by atoms with Crippen molar-refractivity contribution in [2.75, 3.05) is 11.9 Å². The number of hydrogen-bond donors (Lipinski definition) is 1. The Labute approximate surface area is 138 Å². The van der Waals surface area contributed by atoms with Crippen molar-refractivity contribution in [3.63, 3.8) is 0 Å². The van der Waals surface area contributed by atoms with Crippen molar-refractivity contribution in [3.05, 3.63) is 72.4 Å². The number of para-hydroxylation sites is 1. The fraction of sp³-hybridized carbons (Fsp3) is 0.0556. The van der Waals surface area contributed by atoms with Gasteiger partial charge in [-0.2, -0.15) is 10.4 Å². The molecule has 0 aliphatic rings. The van der Waals surface area contributed by atoms with E-state index in [2.05, 4.69) is 16.5 Å². The Kier molecular flexibility index (Phi) is 4.54. The van der Waals surface area contributed by atoms with E-state index in [1.807, 2.05) is 18.2 Å². The molecule has 6 nitrogen and oxygen atoms in total. The molecule has 3 rings (SSSR count). The van der Waals surface area contributed by atoms with Gasteiger partial charge in [-0.3, -0.25) is 4.79 Å². The summed E-state index contributed by atoms with van der Waals surface area (Å²) in [7, 11) is 0. The van der Waals surface area contributed by atoms with Gasteiger partial charge in [-0.05, 0) is 36.4 Å². The van der Waals surface area contributed by atoms with Gasteiger partial charge < -0.3 is 10.1 Å². The zero-order valence-corrected chi connectivity index (χ0v) is 12.7. The first-order chi connectivity index (χ1) is 11.7. The van der Waals surface area contributed by atoms with Crippen molar-refractivity contribution in [2.24, 2.45) is 0 Å². The number of benzene rings is 2. The molecule has 0 fully saturated rings. The van der Waals surface area contributed by atoms with E-state index in [9.17, 15) is 4.79 Å². The number of nitriles is 1. The molecule has 24 heavy (non-hydrogen) atoms. The Morgan fingerprint density at radius 3 is 2.58 bits per heavy atom. The predicted molar refractivity (Wildman–Crippen MR) is 88.8 cm³/mol. The van der Waals surface area contributed by atoms with Crippen molar-refractivity contribution >= 4 is 11.7 Å². The van der Waals surface area contributed by atoms with Crippen LogP contribution in [0, 0.1) is 11.3 Å². The van der Waals surface area contributed by atoms with Gasteiger partial charge in [0, 0.05) is 12.3 Å². The maximum atomic E-state index is 11.9. The Morgan fingerprint density at radius 2 is 1.88 bits per heavy atom. The van der Waals surface area contributed by atoms with Gasteiger partial charge >= 0.3 is 0 Å². The summed E-state index contributed by atoms with van der Waals surface area (Å²) in [6.45, 7) is -0.0895. The summed E-state index contributed by atoms with van der Waals surface area (Å²) in [5.74, 6) is 0.778. The molecule has 3 aromatic rings. The summed E-state index contributed by atoms with van der Waals surface area (Å²) in [5.41, 5.74) is 1.38. The van der Waals surface area contributed by atoms with E-state index in [0.29, 0.717) is 17.1 Å². The number of hydrogen-bond acceptors (Lipinski definition) is 4. The van der Waals surface area contributed by atoms with Crippen LogP contribution in [-0.4, -0.2) is 22.3 Å². The van der Waals surface area contributed by atoms with Crippen LogP contribution in [0.25, 0.3) is 5.69 Å². The minimum absolute atomic E-state index is 0.0895. The van der Waals surface area contributed by atoms with E-state index in [1.54, 1.807) is 53.3 Å². The molecule has 118 valence electrons. The first-order valence-electron chi connectivity index (χ1n) is 7.28. The molecule has 2 aromatic carbocycles. The number of amides is 1. The smallest absolute Gasteiger partial charge is 0.263 e. The van der Waals surface area contributed by atoms with Crippen molar-refractivity contribution in [3.8, 4) is 17.5 Å². The average molecular weight is 318 g/mol. The van der Waals surface area contributed by atoms with Crippen molar-refractivity contribution < 1.29 is 9.53 Å². The van der Waals surface area contributed by atoms with E-state index in [0.717, 1.165) is 5.69 Å². The zero-order chi connectivity index (χ0) is 16.8. The van der Waals surface area contributed by atoms with Crippen LogP contribution < -0.4 is 10.1 Å². The lowest BCUT2D eigenvalue weighted by molar-refractivity contribution is -0.118. The molecule has 0 atom stereocenters. The fourth-order valence-corrected chi connectivity index (χ4v) is 2.07. The van der Waals surface area contributed by atoms with E-state index in [-0.39, 0.29) is 12.5 Å². The fourth-order valence-electron chi connectivity index (χ4n) is 2.07. The van der Waals surface area contributed by atoms with Crippen LogP contribution in [0.2, 0.25) is 0 Å². The maximum absolute atomic E-state index is 11.9. The molecule has 0 aliphatic carbocycles. The van der Waals surface area contributed by atoms with Gasteiger partial charge in [-0.1, -0.05) is 18.2 Å². The van der Waals surface area contributed by atoms with E-state index >= 15 is 0 Å². The van der Waals surface area contributed by atoms with Crippen LogP contribution >= 0.6 is 0 Å². The van der Waals surface area contributed by atoms with Gasteiger partial charge in [-0.15, -0.1) is 0 Å². The molecule has 1 N–H and O–H groups in total. The third-order valence-electron chi connectivity index (χ3n) is 3.23. The molecular formula is C18H14N4O2. The highest BCUT2D eigenvalue weighted by atomic mass is 16.5. The monoisotopic (exact) mass is 318 g/mol. The predicted octanol–water partition coefficient (Wildman–Crippen LogP) is 2.76. The zero-order valence-electron chi connectivity index (χ0n) is 12.7. The van der Waals surface area contributed by atoms with Crippen molar-refractivity contribution in [1.29, 1.82) is 5.26 Å². The van der Waals surface area contributed by atoms with Crippen LogP contribution in [0.1, 0.15) is 5.56 Å². The summed E-state index contributed by atoms with van der Waals surface area (Å²) in [6.07, 6.45) is 1.73. The quantitative estimate of drug-likeness (QED) is 0.784. The Hall–Kier alpha value is -3.59. The largest absolute Gasteiger partial charge is 0.484 e. The van der Waals surface area contributed by atoms with Gasteiger partial charge in [-0.25, -0.2) is 4.68 Å². The third kappa shape index (κ3) is 3.78. The molecular weight excluding hydrogens is 304 g/mol. The van der Waals surface area contributed by atoms with E-state index < -0.39 is 0 Å². The van der Waals surface area contributed by atoms with Gasteiger partial charge in [0.15, 0.2) is 12.4 Å². The van der Waals surface area contributed by atoms with Crippen molar-refractivity contribution in [2.45, 2.75) is 0 Å². The molecule has 0 aliphatic heterocycles. The number of carbonyl (C=O) groups is 1. The Morgan fingerprint density at radius 1 is 1.12 bits per heavy atom. The summed E-state index contributed by atoms with van der Waals surface area (Å²) < 4.78 is 7.00. The second kappa shape index (κ2) is 7.11. The Bertz CT molecular complexity index is 864. The number of rotatable bonds is 5. The first kappa shape index (κ1) is 15.3. The summed E-state index contributed by atoms with van der Waals surface area (Å²) >= 11 is 0. The number of nitrogens with one attached hydrogen (secondary N) is 1. The molecule has 6 heteroatoms. The molecule has 0 saturated heterocycles. The van der Waals surface area contributed by atoms with Crippen LogP contribution in [0.15, 0.2) is 66.9 Å². The molecule has 1 aromatic heterocycles. The van der Waals surface area contributed by atoms with E-state index in [1.165, 1.54) is 0 Å². The van der Waals surface area contributed by atoms with Crippen molar-refractivity contribution in [1.82, 2.24) is 9.78 Å². The third-order valence-corrected chi connectivity index (χ3v) is 3.23. The van der Waals surface area contributed by atoms with E-state index in [4.69, 9.17) is 10.00 Å². The standard InChI is InChI=1S/C18H14N4O2/c19-12-14-6-8-15(9-7-14)22-11-10-17(21-22)20-18(23)13-24-16-4-2-1-3-5-16/h1-11H,13H2,(H,20,21,23). The molecule has 0 radical (unpaired) electrons. The highest BCUT2D eigenvalue weighted by Crippen LogP contribution is 2.12. The highest BCUT2D eigenvalue weighted by molar-refractivity contribution is 5.90. The Balaban J connectivity index is 1.59. The molecule has 0 spiro atoms.